The molecule has 0 aliphatic heterocycles. The molecule has 68 valence electrons. The van der Waals surface area contributed by atoms with E-state index < -0.39 is 0 Å². The van der Waals surface area contributed by atoms with Crippen LogP contribution in [0.4, 0.5) is 0 Å². The molecule has 0 radical (unpaired) electrons. The zero-order chi connectivity index (χ0) is 9.68. The number of nitrogens with one attached hydrogen (secondary N) is 1. The minimum Gasteiger partial charge on any atom is -0.347 e. The van der Waals surface area contributed by atoms with Crippen molar-refractivity contribution in [3.8, 4) is 6.07 Å². The lowest BCUT2D eigenvalue weighted by molar-refractivity contribution is -0.129. The van der Waals surface area contributed by atoms with Gasteiger partial charge in [-0.1, -0.05) is 0 Å². The summed E-state index contributed by atoms with van der Waals surface area (Å²) in [5.74, 6) is 0.521. The Kier molecular flexibility index (Phi) is 3.03. The highest BCUT2D eigenvalue weighted by Crippen LogP contribution is 1.97. The quantitative estimate of drug-likeness (QED) is 0.722. The molecule has 0 spiro atoms. The van der Waals surface area contributed by atoms with E-state index in [2.05, 4.69) is 9.97 Å². The molecule has 1 aromatic rings. The molecular weight excluding hydrogens is 168 g/mol. The summed E-state index contributed by atoms with van der Waals surface area (Å²) in [6.45, 7) is 0.410. The number of aromatic nitrogens is 2. The zero-order valence-electron chi connectivity index (χ0n) is 7.32. The first-order chi connectivity index (χ1) is 6.24. The maximum absolute atomic E-state index is 11.1. The largest absolute Gasteiger partial charge is 0.347 e. The number of rotatable bonds is 3. The number of hydrogen-bond acceptors (Lipinski definition) is 3. The Balaban J connectivity index is 2.47. The molecule has 0 saturated heterocycles. The Morgan fingerprint density at radius 2 is 2.62 bits per heavy atom. The van der Waals surface area contributed by atoms with Gasteiger partial charge < -0.3 is 9.88 Å². The van der Waals surface area contributed by atoms with E-state index in [0.29, 0.717) is 12.4 Å². The first kappa shape index (κ1) is 9.26. The standard InChI is InChI=1S/C8H10N4O/c1-12(8(13)2-3-9)6-7-10-4-5-11-7/h4-5H,2,6H2,1H3,(H,10,11). The average Bonchev–Trinajstić information content (AvgIpc) is 2.57. The molecule has 0 aliphatic carbocycles. The Morgan fingerprint density at radius 3 is 3.15 bits per heavy atom. The highest BCUT2D eigenvalue weighted by Gasteiger charge is 2.08. The van der Waals surface area contributed by atoms with Crippen LogP contribution in [-0.4, -0.2) is 27.8 Å². The maximum atomic E-state index is 11.1. The second kappa shape index (κ2) is 4.26. The van der Waals surface area contributed by atoms with E-state index in [0.717, 1.165) is 0 Å². The van der Waals surface area contributed by atoms with Crippen molar-refractivity contribution in [3.05, 3.63) is 18.2 Å². The fourth-order valence-electron chi connectivity index (χ4n) is 0.900. The highest BCUT2D eigenvalue weighted by atomic mass is 16.2. The van der Waals surface area contributed by atoms with Gasteiger partial charge in [-0.25, -0.2) is 4.98 Å². The summed E-state index contributed by atoms with van der Waals surface area (Å²) >= 11 is 0. The van der Waals surface area contributed by atoms with Crippen molar-refractivity contribution in [2.75, 3.05) is 7.05 Å². The van der Waals surface area contributed by atoms with Crippen LogP contribution in [0, 0.1) is 11.3 Å². The van der Waals surface area contributed by atoms with Crippen LogP contribution in [0.5, 0.6) is 0 Å². The summed E-state index contributed by atoms with van der Waals surface area (Å²) in [7, 11) is 1.64. The molecule has 1 heterocycles. The summed E-state index contributed by atoms with van der Waals surface area (Å²) in [4.78, 5) is 19.4. The molecular formula is C8H10N4O. The molecule has 1 aromatic heterocycles. The number of carbonyl (C=O) groups is 1. The van der Waals surface area contributed by atoms with Gasteiger partial charge in [-0.15, -0.1) is 0 Å². The van der Waals surface area contributed by atoms with Crippen LogP contribution in [-0.2, 0) is 11.3 Å². The summed E-state index contributed by atoms with van der Waals surface area (Å²) in [5, 5.41) is 8.29. The van der Waals surface area contributed by atoms with Crippen molar-refractivity contribution in [1.82, 2.24) is 14.9 Å². The average molecular weight is 178 g/mol. The second-order valence-electron chi connectivity index (χ2n) is 2.62. The van der Waals surface area contributed by atoms with E-state index >= 15 is 0 Å². The van der Waals surface area contributed by atoms with Gasteiger partial charge in [0.25, 0.3) is 0 Å². The highest BCUT2D eigenvalue weighted by molar-refractivity contribution is 5.77. The van der Waals surface area contributed by atoms with Crippen molar-refractivity contribution in [1.29, 1.82) is 5.26 Å². The van der Waals surface area contributed by atoms with Crippen LogP contribution in [0.15, 0.2) is 12.4 Å². The van der Waals surface area contributed by atoms with Crippen molar-refractivity contribution in [3.63, 3.8) is 0 Å². The van der Waals surface area contributed by atoms with E-state index in [-0.39, 0.29) is 12.3 Å². The molecule has 0 unspecified atom stereocenters. The molecule has 1 rings (SSSR count). The van der Waals surface area contributed by atoms with Gasteiger partial charge in [0.15, 0.2) is 0 Å². The van der Waals surface area contributed by atoms with E-state index in [1.54, 1.807) is 25.5 Å². The first-order valence-electron chi connectivity index (χ1n) is 3.83. The third kappa shape index (κ3) is 2.60. The monoisotopic (exact) mass is 178 g/mol. The van der Waals surface area contributed by atoms with Crippen LogP contribution in [0.3, 0.4) is 0 Å². The molecule has 1 amide bonds. The molecule has 5 nitrogen and oxygen atoms in total. The van der Waals surface area contributed by atoms with Crippen molar-refractivity contribution >= 4 is 5.91 Å². The van der Waals surface area contributed by atoms with Crippen molar-refractivity contribution in [2.24, 2.45) is 0 Å². The molecule has 1 N–H and O–H groups in total. The molecule has 0 fully saturated rings. The summed E-state index contributed by atoms with van der Waals surface area (Å²) < 4.78 is 0. The number of nitriles is 1. The Hall–Kier alpha value is -1.83. The predicted molar refractivity (Wildman–Crippen MR) is 45.3 cm³/mol. The normalized spacial score (nSPS) is 9.23. The second-order valence-corrected chi connectivity index (χ2v) is 2.62. The first-order valence-corrected chi connectivity index (χ1v) is 3.83. The Bertz CT molecular complexity index is 311. The van der Waals surface area contributed by atoms with Crippen LogP contribution in [0.1, 0.15) is 12.2 Å². The van der Waals surface area contributed by atoms with E-state index in [1.165, 1.54) is 4.90 Å². The number of carbonyl (C=O) groups excluding carboxylic acids is 1. The van der Waals surface area contributed by atoms with Crippen LogP contribution in [0.25, 0.3) is 0 Å². The number of amides is 1. The van der Waals surface area contributed by atoms with Crippen LogP contribution < -0.4 is 0 Å². The smallest absolute Gasteiger partial charge is 0.236 e. The fraction of sp³-hybridized carbons (Fsp3) is 0.375. The fourth-order valence-corrected chi connectivity index (χ4v) is 0.900. The number of nitrogens with zero attached hydrogens (tertiary/aromatic N) is 3. The third-order valence-corrected chi connectivity index (χ3v) is 1.60. The molecule has 5 heteroatoms. The van der Waals surface area contributed by atoms with Gasteiger partial charge >= 0.3 is 0 Å². The summed E-state index contributed by atoms with van der Waals surface area (Å²) in [6.07, 6.45) is 3.23. The van der Waals surface area contributed by atoms with Crippen LogP contribution >= 0.6 is 0 Å². The van der Waals surface area contributed by atoms with Gasteiger partial charge in [0, 0.05) is 19.4 Å². The SMILES string of the molecule is CN(Cc1ncc[nH]1)C(=O)CC#N. The predicted octanol–water partition coefficient (Wildman–Crippen LogP) is 0.282. The van der Waals surface area contributed by atoms with Gasteiger partial charge in [0.05, 0.1) is 12.6 Å². The van der Waals surface area contributed by atoms with Gasteiger partial charge in [-0.05, 0) is 0 Å². The Morgan fingerprint density at radius 1 is 1.85 bits per heavy atom. The molecule has 0 saturated carbocycles. The number of imidazole rings is 1. The number of H-pyrrole nitrogens is 1. The lowest BCUT2D eigenvalue weighted by Gasteiger charge is -2.13. The lowest BCUT2D eigenvalue weighted by atomic mass is 10.4. The summed E-state index contributed by atoms with van der Waals surface area (Å²) in [6, 6.07) is 1.81. The lowest BCUT2D eigenvalue weighted by Crippen LogP contribution is -2.25. The van der Waals surface area contributed by atoms with Gasteiger partial charge in [-0.3, -0.25) is 4.79 Å². The van der Waals surface area contributed by atoms with E-state index in [9.17, 15) is 4.79 Å². The van der Waals surface area contributed by atoms with Gasteiger partial charge in [0.2, 0.25) is 5.91 Å². The Labute approximate surface area is 76.0 Å². The molecule has 0 aromatic carbocycles. The molecule has 0 atom stereocenters. The van der Waals surface area contributed by atoms with Crippen molar-refractivity contribution in [2.45, 2.75) is 13.0 Å². The summed E-state index contributed by atoms with van der Waals surface area (Å²) in [5.41, 5.74) is 0. The molecule has 0 aliphatic rings. The van der Waals surface area contributed by atoms with E-state index in [1.807, 2.05) is 0 Å². The van der Waals surface area contributed by atoms with E-state index in [4.69, 9.17) is 5.26 Å². The maximum Gasteiger partial charge on any atom is 0.236 e. The van der Waals surface area contributed by atoms with Gasteiger partial charge in [-0.2, -0.15) is 5.26 Å². The molecule has 0 bridgehead atoms. The number of aromatic amines is 1. The van der Waals surface area contributed by atoms with Crippen LogP contribution in [0.2, 0.25) is 0 Å². The third-order valence-electron chi connectivity index (χ3n) is 1.60. The van der Waals surface area contributed by atoms with Gasteiger partial charge in [0.1, 0.15) is 12.2 Å². The van der Waals surface area contributed by atoms with Crippen molar-refractivity contribution < 1.29 is 4.79 Å². The topological polar surface area (TPSA) is 72.8 Å². The zero-order valence-corrected chi connectivity index (χ0v) is 7.32. The number of hydrogen-bond donors (Lipinski definition) is 1. The minimum atomic E-state index is -0.195. The minimum absolute atomic E-state index is 0.0861. The molecule has 13 heavy (non-hydrogen) atoms.